The lowest BCUT2D eigenvalue weighted by Gasteiger charge is -2.05. The van der Waals surface area contributed by atoms with Gasteiger partial charge in [-0.1, -0.05) is 65.9 Å². The number of benzene rings is 2. The van der Waals surface area contributed by atoms with Crippen LogP contribution in [0.5, 0.6) is 0 Å². The summed E-state index contributed by atoms with van der Waals surface area (Å²) in [6.45, 7) is -0.421. The summed E-state index contributed by atoms with van der Waals surface area (Å²) in [7, 11) is 0. The van der Waals surface area contributed by atoms with Gasteiger partial charge in [0, 0.05) is 11.6 Å². The van der Waals surface area contributed by atoms with Crippen molar-refractivity contribution in [1.82, 2.24) is 0 Å². The van der Waals surface area contributed by atoms with E-state index in [0.29, 0.717) is 16.9 Å². The standard InChI is InChI=1S/C19H13NO5S/c21-16(12-25-19(22)17-10-11-18(26-17)20(23)24)15-8-6-14(7-9-15)13-4-2-1-3-5-13/h1-11H,12H2. The van der Waals surface area contributed by atoms with E-state index in [4.69, 9.17) is 4.74 Å². The topological polar surface area (TPSA) is 86.5 Å². The molecule has 3 aromatic rings. The predicted octanol–water partition coefficient (Wildman–Crippen LogP) is 4.36. The molecule has 26 heavy (non-hydrogen) atoms. The summed E-state index contributed by atoms with van der Waals surface area (Å²) >= 11 is 0.711. The first kappa shape index (κ1) is 17.5. The molecule has 0 saturated carbocycles. The summed E-state index contributed by atoms with van der Waals surface area (Å²) in [5, 5.41) is 10.5. The molecule has 0 fully saturated rings. The Balaban J connectivity index is 1.61. The van der Waals surface area contributed by atoms with E-state index in [9.17, 15) is 19.7 Å². The summed E-state index contributed by atoms with van der Waals surface area (Å²) in [6, 6.07) is 19.3. The number of ether oxygens (including phenoxy) is 1. The van der Waals surface area contributed by atoms with Gasteiger partial charge in [-0.25, -0.2) is 4.79 Å². The fourth-order valence-electron chi connectivity index (χ4n) is 2.30. The van der Waals surface area contributed by atoms with Crippen LogP contribution < -0.4 is 0 Å². The van der Waals surface area contributed by atoms with Gasteiger partial charge in [0.1, 0.15) is 4.88 Å². The van der Waals surface area contributed by atoms with Crippen molar-refractivity contribution in [2.45, 2.75) is 0 Å². The summed E-state index contributed by atoms with van der Waals surface area (Å²) in [4.78, 5) is 34.2. The van der Waals surface area contributed by atoms with Crippen LogP contribution in [0.25, 0.3) is 11.1 Å². The molecule has 0 radical (unpaired) electrons. The van der Waals surface area contributed by atoms with Crippen molar-refractivity contribution in [3.63, 3.8) is 0 Å². The average molecular weight is 367 g/mol. The van der Waals surface area contributed by atoms with E-state index in [1.807, 2.05) is 42.5 Å². The first-order valence-corrected chi connectivity index (χ1v) is 8.46. The summed E-state index contributed by atoms with van der Waals surface area (Å²) in [5.41, 5.74) is 2.44. The highest BCUT2D eigenvalue weighted by Gasteiger charge is 2.17. The van der Waals surface area contributed by atoms with E-state index in [1.54, 1.807) is 12.1 Å². The Morgan fingerprint density at radius 2 is 1.58 bits per heavy atom. The molecule has 0 saturated heterocycles. The van der Waals surface area contributed by atoms with Crippen LogP contribution in [0.3, 0.4) is 0 Å². The van der Waals surface area contributed by atoms with Gasteiger partial charge in [-0.15, -0.1) is 0 Å². The number of ketones is 1. The minimum absolute atomic E-state index is 0.0870. The minimum Gasteiger partial charge on any atom is -0.453 e. The molecule has 1 heterocycles. The Morgan fingerprint density at radius 1 is 0.923 bits per heavy atom. The molecule has 2 aromatic carbocycles. The second-order valence-electron chi connectivity index (χ2n) is 5.34. The number of nitro groups is 1. The maximum absolute atomic E-state index is 12.2. The Morgan fingerprint density at radius 3 is 2.19 bits per heavy atom. The molecule has 0 unspecified atom stereocenters. The number of esters is 1. The second kappa shape index (κ2) is 7.71. The molecule has 0 bridgehead atoms. The van der Waals surface area contributed by atoms with Gasteiger partial charge in [0.25, 0.3) is 0 Å². The first-order valence-electron chi connectivity index (χ1n) is 7.64. The molecular weight excluding hydrogens is 354 g/mol. The van der Waals surface area contributed by atoms with E-state index in [2.05, 4.69) is 0 Å². The first-order chi connectivity index (χ1) is 12.5. The van der Waals surface area contributed by atoms with Crippen molar-refractivity contribution in [2.24, 2.45) is 0 Å². The van der Waals surface area contributed by atoms with Crippen LogP contribution in [0.1, 0.15) is 20.0 Å². The Labute approximate surface area is 152 Å². The van der Waals surface area contributed by atoms with Crippen LogP contribution >= 0.6 is 11.3 Å². The molecular formula is C19H13NO5S. The molecule has 0 amide bonds. The number of hydrogen-bond donors (Lipinski definition) is 0. The van der Waals surface area contributed by atoms with Gasteiger partial charge in [-0.3, -0.25) is 14.9 Å². The third-order valence-electron chi connectivity index (χ3n) is 3.62. The molecule has 1 aromatic heterocycles. The number of Topliss-reactive ketones (excluding diaryl/α,β-unsaturated/α-hetero) is 1. The van der Waals surface area contributed by atoms with E-state index in [0.717, 1.165) is 11.1 Å². The van der Waals surface area contributed by atoms with Crippen molar-refractivity contribution < 1.29 is 19.2 Å². The smallest absolute Gasteiger partial charge is 0.349 e. The Bertz CT molecular complexity index is 948. The van der Waals surface area contributed by atoms with Crippen molar-refractivity contribution in [2.75, 3.05) is 6.61 Å². The monoisotopic (exact) mass is 367 g/mol. The summed E-state index contributed by atoms with van der Waals surface area (Å²) < 4.78 is 4.95. The third kappa shape index (κ3) is 4.01. The van der Waals surface area contributed by atoms with E-state index in [1.165, 1.54) is 12.1 Å². The molecule has 130 valence electrons. The highest BCUT2D eigenvalue weighted by atomic mass is 32.1. The van der Waals surface area contributed by atoms with Crippen molar-refractivity contribution in [3.8, 4) is 11.1 Å². The number of rotatable bonds is 6. The van der Waals surface area contributed by atoms with Crippen LogP contribution in [0.4, 0.5) is 5.00 Å². The SMILES string of the molecule is O=C(COC(=O)c1ccc([N+](=O)[O-])s1)c1ccc(-c2ccccc2)cc1. The fourth-order valence-corrected chi connectivity index (χ4v) is 3.01. The zero-order valence-electron chi connectivity index (χ0n) is 13.5. The van der Waals surface area contributed by atoms with Crippen molar-refractivity contribution in [3.05, 3.63) is 87.3 Å². The Hall–Kier alpha value is -3.32. The largest absolute Gasteiger partial charge is 0.453 e. The highest BCUT2D eigenvalue weighted by Crippen LogP contribution is 2.24. The second-order valence-corrected chi connectivity index (χ2v) is 6.40. The number of hydrogen-bond acceptors (Lipinski definition) is 6. The van der Waals surface area contributed by atoms with Crippen LogP contribution in [0.15, 0.2) is 66.7 Å². The quantitative estimate of drug-likeness (QED) is 0.280. The average Bonchev–Trinajstić information content (AvgIpc) is 3.17. The maximum Gasteiger partial charge on any atom is 0.349 e. The predicted molar refractivity (Wildman–Crippen MR) is 97.5 cm³/mol. The van der Waals surface area contributed by atoms with Crippen LogP contribution in [0.2, 0.25) is 0 Å². The minimum atomic E-state index is -0.752. The van der Waals surface area contributed by atoms with Gasteiger partial charge in [0.15, 0.2) is 12.4 Å². The summed E-state index contributed by atoms with van der Waals surface area (Å²) in [6.07, 6.45) is 0. The van der Waals surface area contributed by atoms with E-state index >= 15 is 0 Å². The van der Waals surface area contributed by atoms with Gasteiger partial charge in [-0.05, 0) is 17.2 Å². The van der Waals surface area contributed by atoms with Gasteiger partial charge in [0.05, 0.1) is 4.92 Å². The third-order valence-corrected chi connectivity index (χ3v) is 4.64. The highest BCUT2D eigenvalue weighted by molar-refractivity contribution is 7.17. The molecule has 0 aliphatic rings. The number of carbonyl (C=O) groups is 2. The van der Waals surface area contributed by atoms with Crippen LogP contribution in [-0.2, 0) is 4.74 Å². The molecule has 0 atom stereocenters. The lowest BCUT2D eigenvalue weighted by molar-refractivity contribution is -0.380. The summed E-state index contributed by atoms with van der Waals surface area (Å²) in [5.74, 6) is -1.10. The lowest BCUT2D eigenvalue weighted by atomic mass is 10.0. The molecule has 6 nitrogen and oxygen atoms in total. The van der Waals surface area contributed by atoms with Gasteiger partial charge in [-0.2, -0.15) is 0 Å². The van der Waals surface area contributed by atoms with Crippen LogP contribution in [0, 0.1) is 10.1 Å². The van der Waals surface area contributed by atoms with E-state index < -0.39 is 17.5 Å². The fraction of sp³-hybridized carbons (Fsp3) is 0.0526. The zero-order chi connectivity index (χ0) is 18.5. The number of nitrogens with zero attached hydrogens (tertiary/aromatic N) is 1. The number of thiophene rings is 1. The molecule has 0 aliphatic carbocycles. The number of carbonyl (C=O) groups excluding carboxylic acids is 2. The van der Waals surface area contributed by atoms with Gasteiger partial charge < -0.3 is 4.74 Å². The molecule has 7 heteroatoms. The lowest BCUT2D eigenvalue weighted by Crippen LogP contribution is -2.13. The maximum atomic E-state index is 12.2. The molecule has 0 spiro atoms. The van der Waals surface area contributed by atoms with Gasteiger partial charge in [0.2, 0.25) is 0 Å². The molecule has 3 rings (SSSR count). The van der Waals surface area contributed by atoms with Crippen molar-refractivity contribution >= 4 is 28.1 Å². The molecule has 0 aliphatic heterocycles. The molecule has 0 N–H and O–H groups in total. The zero-order valence-corrected chi connectivity index (χ0v) is 14.3. The Kier molecular flexibility index (Phi) is 5.19. The normalized spacial score (nSPS) is 10.3. The van der Waals surface area contributed by atoms with Crippen LogP contribution in [-0.4, -0.2) is 23.3 Å². The van der Waals surface area contributed by atoms with Crippen molar-refractivity contribution in [1.29, 1.82) is 0 Å². The van der Waals surface area contributed by atoms with E-state index in [-0.39, 0.29) is 15.7 Å². The van der Waals surface area contributed by atoms with Gasteiger partial charge >= 0.3 is 11.0 Å².